The van der Waals surface area contributed by atoms with Crippen molar-refractivity contribution in [1.82, 2.24) is 0 Å². The predicted molar refractivity (Wildman–Crippen MR) is 44.6 cm³/mol. The number of carbonyl (C=O) groups is 1. The fraction of sp³-hybridized carbons (Fsp3) is 0.500. The van der Waals surface area contributed by atoms with E-state index >= 15 is 0 Å². The van der Waals surface area contributed by atoms with Crippen molar-refractivity contribution >= 4 is 13.8 Å². The molecule has 0 amide bonds. The number of carbonyl (C=O) groups excluding carboxylic acids is 1. The molecule has 9 heteroatoms. The van der Waals surface area contributed by atoms with Crippen molar-refractivity contribution in [1.29, 1.82) is 0 Å². The SMILES string of the molecule is C=C(C)C(=O)OC(C)[O-].O=P(O)(O)O.[Na+]. The first-order chi connectivity index (χ1) is 6.04. The second kappa shape index (κ2) is 9.50. The fourth-order valence-corrected chi connectivity index (χ4v) is 0.251. The molecule has 0 spiro atoms. The summed E-state index contributed by atoms with van der Waals surface area (Å²) in [7, 11) is -4.64. The van der Waals surface area contributed by atoms with Crippen LogP contribution in [0, 0.1) is 0 Å². The van der Waals surface area contributed by atoms with Crippen molar-refractivity contribution in [2.24, 2.45) is 0 Å². The molecule has 0 rings (SSSR count). The Morgan fingerprint density at radius 2 is 1.73 bits per heavy atom. The standard InChI is InChI=1S/C6H9O3.Na.H3O4P/c1-4(2)6(8)9-5(3)7;;1-5(2,3)4/h5H,1H2,2-3H3;;(H3,1,2,3,4)/q-1;+1;. The van der Waals surface area contributed by atoms with Gasteiger partial charge >= 0.3 is 43.3 Å². The maximum Gasteiger partial charge on any atom is 1.00 e. The number of phosphoric acid groups is 1. The smallest absolute Gasteiger partial charge is 0.822 e. The minimum absolute atomic E-state index is 0. The average Bonchev–Trinajstić information content (AvgIpc) is 1.80. The number of esters is 1. The molecule has 0 saturated carbocycles. The van der Waals surface area contributed by atoms with E-state index in [1.54, 1.807) is 0 Å². The van der Waals surface area contributed by atoms with Crippen LogP contribution in [0.5, 0.6) is 0 Å². The first kappa shape index (κ1) is 20.7. The van der Waals surface area contributed by atoms with E-state index in [-0.39, 0.29) is 35.1 Å². The van der Waals surface area contributed by atoms with Gasteiger partial charge < -0.3 is 24.5 Å². The summed E-state index contributed by atoms with van der Waals surface area (Å²) in [5.41, 5.74) is 0.248. The molecule has 0 aromatic heterocycles. The molecule has 0 bridgehead atoms. The van der Waals surface area contributed by atoms with Crippen molar-refractivity contribution in [2.75, 3.05) is 0 Å². The molecule has 3 N–H and O–H groups in total. The van der Waals surface area contributed by atoms with Gasteiger partial charge in [0.2, 0.25) is 0 Å². The Morgan fingerprint density at radius 3 is 1.80 bits per heavy atom. The summed E-state index contributed by atoms with van der Waals surface area (Å²) in [5.74, 6) is -0.627. The van der Waals surface area contributed by atoms with E-state index in [0.717, 1.165) is 0 Å². The van der Waals surface area contributed by atoms with E-state index in [2.05, 4.69) is 11.3 Å². The molecule has 0 aliphatic carbocycles. The third-order valence-corrected chi connectivity index (χ3v) is 0.621. The van der Waals surface area contributed by atoms with Crippen molar-refractivity contribution < 1.29 is 63.4 Å². The Kier molecular flexibility index (Phi) is 13.1. The molecule has 0 aromatic carbocycles. The maximum atomic E-state index is 10.4. The van der Waals surface area contributed by atoms with E-state index in [0.29, 0.717) is 0 Å². The molecule has 0 fully saturated rings. The number of hydrogen-bond donors (Lipinski definition) is 3. The normalized spacial score (nSPS) is 11.3. The molecule has 0 aliphatic heterocycles. The Morgan fingerprint density at radius 1 is 1.47 bits per heavy atom. The van der Waals surface area contributed by atoms with Crippen molar-refractivity contribution in [3.63, 3.8) is 0 Å². The van der Waals surface area contributed by atoms with Gasteiger partial charge in [0.25, 0.3) is 0 Å². The molecule has 15 heavy (non-hydrogen) atoms. The zero-order valence-corrected chi connectivity index (χ0v) is 11.6. The molecule has 84 valence electrons. The summed E-state index contributed by atoms with van der Waals surface area (Å²) in [6, 6.07) is 0. The van der Waals surface area contributed by atoms with Gasteiger partial charge in [0, 0.05) is 11.9 Å². The van der Waals surface area contributed by atoms with Gasteiger partial charge in [-0.3, -0.25) is 0 Å². The summed E-state index contributed by atoms with van der Waals surface area (Å²) >= 11 is 0. The maximum absolute atomic E-state index is 10.4. The van der Waals surface area contributed by atoms with Gasteiger partial charge in [0.05, 0.1) is 0 Å². The van der Waals surface area contributed by atoms with Crippen LogP contribution in [-0.2, 0) is 14.1 Å². The molecule has 1 atom stereocenters. The second-order valence-corrected chi connectivity index (χ2v) is 3.29. The topological polar surface area (TPSA) is 127 Å². The molecule has 0 aliphatic rings. The van der Waals surface area contributed by atoms with Gasteiger partial charge in [-0.1, -0.05) is 6.58 Å². The molecule has 0 saturated heterocycles. The fourth-order valence-electron chi connectivity index (χ4n) is 0.251. The van der Waals surface area contributed by atoms with E-state index in [9.17, 15) is 9.90 Å². The van der Waals surface area contributed by atoms with E-state index < -0.39 is 20.1 Å². The first-order valence-electron chi connectivity index (χ1n) is 3.34. The van der Waals surface area contributed by atoms with Gasteiger partial charge in [-0.25, -0.2) is 9.36 Å². The second-order valence-electron chi connectivity index (χ2n) is 2.27. The van der Waals surface area contributed by atoms with Crippen molar-refractivity contribution in [2.45, 2.75) is 20.1 Å². The Balaban J connectivity index is -0.000000208. The zero-order valence-electron chi connectivity index (χ0n) is 8.71. The van der Waals surface area contributed by atoms with Crippen LogP contribution in [-0.4, -0.2) is 26.9 Å². The van der Waals surface area contributed by atoms with Crippen LogP contribution in [0.1, 0.15) is 13.8 Å². The number of rotatable bonds is 2. The zero-order chi connectivity index (χ0) is 11.9. The summed E-state index contributed by atoms with van der Waals surface area (Å²) in [4.78, 5) is 32.0. The monoisotopic (exact) mass is 250 g/mol. The summed E-state index contributed by atoms with van der Waals surface area (Å²) in [5, 5.41) is 10.2. The summed E-state index contributed by atoms with van der Waals surface area (Å²) < 4.78 is 13.1. The van der Waals surface area contributed by atoms with Crippen LogP contribution in [0.4, 0.5) is 0 Å². The first-order valence-corrected chi connectivity index (χ1v) is 4.91. The molecule has 0 aromatic rings. The van der Waals surface area contributed by atoms with Gasteiger partial charge in [0.15, 0.2) is 0 Å². The van der Waals surface area contributed by atoms with Crippen LogP contribution in [0.15, 0.2) is 12.2 Å². The third kappa shape index (κ3) is 31.4. The van der Waals surface area contributed by atoms with E-state index in [1.165, 1.54) is 13.8 Å². The molecular weight excluding hydrogens is 238 g/mol. The van der Waals surface area contributed by atoms with Crippen LogP contribution in [0.2, 0.25) is 0 Å². The molecule has 0 heterocycles. The summed E-state index contributed by atoms with van der Waals surface area (Å²) in [6.45, 7) is 6.04. The van der Waals surface area contributed by atoms with Gasteiger partial charge in [0.1, 0.15) is 0 Å². The molecule has 1 unspecified atom stereocenters. The number of hydrogen-bond acceptors (Lipinski definition) is 4. The van der Waals surface area contributed by atoms with Gasteiger partial charge in [-0.2, -0.15) is 0 Å². The molecule has 0 radical (unpaired) electrons. The van der Waals surface area contributed by atoms with Crippen LogP contribution < -0.4 is 34.7 Å². The predicted octanol–water partition coefficient (Wildman–Crippen LogP) is -4.11. The Hall–Kier alpha value is 0.280. The largest absolute Gasteiger partial charge is 1.00 e. The van der Waals surface area contributed by atoms with Crippen molar-refractivity contribution in [3.8, 4) is 0 Å². The van der Waals surface area contributed by atoms with Gasteiger partial charge in [-0.05, 0) is 13.8 Å². The quantitative estimate of drug-likeness (QED) is 0.149. The van der Waals surface area contributed by atoms with E-state index in [4.69, 9.17) is 19.2 Å². The van der Waals surface area contributed by atoms with E-state index in [1.807, 2.05) is 0 Å². The molecule has 7 nitrogen and oxygen atoms in total. The van der Waals surface area contributed by atoms with Crippen LogP contribution in [0.25, 0.3) is 0 Å². The van der Waals surface area contributed by atoms with Crippen LogP contribution in [0.3, 0.4) is 0 Å². The van der Waals surface area contributed by atoms with Gasteiger partial charge in [-0.15, -0.1) is 0 Å². The number of ether oxygens (including phenoxy) is 1. The van der Waals surface area contributed by atoms with Crippen molar-refractivity contribution in [3.05, 3.63) is 12.2 Å². The average molecular weight is 250 g/mol. The summed E-state index contributed by atoms with van der Waals surface area (Å²) in [6.07, 6.45) is -1.30. The minimum atomic E-state index is -4.64. The minimum Gasteiger partial charge on any atom is -0.822 e. The third-order valence-electron chi connectivity index (χ3n) is 0.621. The van der Waals surface area contributed by atoms with Crippen LogP contribution >= 0.6 is 7.82 Å². The molecular formula is C6H12NaO7P. The Bertz CT molecular complexity index is 238. The Labute approximate surface area is 109 Å².